The van der Waals surface area contributed by atoms with Gasteiger partial charge < -0.3 is 10.1 Å². The second kappa shape index (κ2) is 7.25. The first-order chi connectivity index (χ1) is 10.1. The van der Waals surface area contributed by atoms with Crippen LogP contribution in [0.15, 0.2) is 51.4 Å². The number of halogens is 2. The molecule has 0 fully saturated rings. The maximum Gasteiger partial charge on any atom is 0.255 e. The number of nitriles is 1. The highest BCUT2D eigenvalue weighted by Gasteiger charge is 2.08. The Hall–Kier alpha value is -1.84. The van der Waals surface area contributed by atoms with E-state index in [0.29, 0.717) is 17.0 Å². The van der Waals surface area contributed by atoms with Crippen molar-refractivity contribution in [2.45, 2.75) is 0 Å². The summed E-state index contributed by atoms with van der Waals surface area (Å²) >= 11 is 6.69. The summed E-state index contributed by atoms with van der Waals surface area (Å²) in [6, 6.07) is 14.1. The molecule has 0 saturated heterocycles. The van der Waals surface area contributed by atoms with Crippen LogP contribution in [0.3, 0.4) is 0 Å². The molecule has 0 atom stereocenters. The van der Waals surface area contributed by atoms with Gasteiger partial charge in [-0.3, -0.25) is 4.79 Å². The summed E-state index contributed by atoms with van der Waals surface area (Å²) in [6.45, 7) is -0.0318. The predicted octanol–water partition coefficient (Wildman–Crippen LogP) is 4.37. The second-order valence-corrected chi connectivity index (χ2v) is 5.92. The molecule has 1 amide bonds. The van der Waals surface area contributed by atoms with Crippen LogP contribution in [0.1, 0.15) is 10.4 Å². The molecule has 0 radical (unpaired) electrons. The van der Waals surface area contributed by atoms with Gasteiger partial charge in [0.05, 0.1) is 0 Å². The molecule has 0 spiro atoms. The van der Waals surface area contributed by atoms with Crippen molar-refractivity contribution in [3.8, 4) is 11.8 Å². The highest BCUT2D eigenvalue weighted by molar-refractivity contribution is 9.11. The monoisotopic (exact) mass is 408 g/mol. The van der Waals surface area contributed by atoms with Crippen molar-refractivity contribution >= 4 is 43.5 Å². The van der Waals surface area contributed by atoms with Crippen molar-refractivity contribution < 1.29 is 9.53 Å². The molecule has 0 bridgehead atoms. The number of hydrogen-bond acceptors (Lipinski definition) is 3. The van der Waals surface area contributed by atoms with Crippen molar-refractivity contribution in [3.63, 3.8) is 0 Å². The third kappa shape index (κ3) is 4.59. The molecule has 0 aliphatic heterocycles. The Balaban J connectivity index is 2.14. The van der Waals surface area contributed by atoms with Crippen LogP contribution in [0.2, 0.25) is 0 Å². The molecule has 0 unspecified atom stereocenters. The average molecular weight is 410 g/mol. The number of carbonyl (C=O) groups is 1. The summed E-state index contributed by atoms with van der Waals surface area (Å²) in [7, 11) is 0. The third-order valence-electron chi connectivity index (χ3n) is 2.52. The van der Waals surface area contributed by atoms with Gasteiger partial charge in [0.2, 0.25) is 0 Å². The molecule has 1 N–H and O–H groups in total. The maximum atomic E-state index is 12.2. The molecule has 0 aliphatic rings. The van der Waals surface area contributed by atoms with Gasteiger partial charge in [-0.05, 0) is 30.3 Å². The second-order valence-electron chi connectivity index (χ2n) is 4.09. The normalized spacial score (nSPS) is 9.76. The Bertz CT molecular complexity index is 691. The SMILES string of the molecule is N#CCOc1cccc(NC(=O)c2cc(Br)cc(Br)c2)c1. The Morgan fingerprint density at radius 3 is 2.57 bits per heavy atom. The number of benzene rings is 2. The molecular formula is C15H10Br2N2O2. The van der Waals surface area contributed by atoms with Crippen LogP contribution in [0, 0.1) is 11.3 Å². The fourth-order valence-electron chi connectivity index (χ4n) is 1.67. The van der Waals surface area contributed by atoms with E-state index in [0.717, 1.165) is 8.95 Å². The van der Waals surface area contributed by atoms with Crippen LogP contribution < -0.4 is 10.1 Å². The largest absolute Gasteiger partial charge is 0.479 e. The molecule has 0 aromatic heterocycles. The van der Waals surface area contributed by atoms with E-state index >= 15 is 0 Å². The number of ether oxygens (including phenoxy) is 1. The molecule has 4 nitrogen and oxygen atoms in total. The van der Waals surface area contributed by atoms with Crippen LogP contribution >= 0.6 is 31.9 Å². The fraction of sp³-hybridized carbons (Fsp3) is 0.0667. The number of nitrogens with one attached hydrogen (secondary N) is 1. The van der Waals surface area contributed by atoms with Gasteiger partial charge in [-0.15, -0.1) is 0 Å². The Morgan fingerprint density at radius 2 is 1.90 bits per heavy atom. The third-order valence-corrected chi connectivity index (χ3v) is 3.44. The van der Waals surface area contributed by atoms with Gasteiger partial charge in [0.15, 0.2) is 6.61 Å². The lowest BCUT2D eigenvalue weighted by molar-refractivity contribution is 0.102. The zero-order valence-corrected chi connectivity index (χ0v) is 13.9. The first-order valence-electron chi connectivity index (χ1n) is 5.96. The quantitative estimate of drug-likeness (QED) is 0.815. The minimum Gasteiger partial charge on any atom is -0.479 e. The minimum atomic E-state index is -0.227. The van der Waals surface area contributed by atoms with E-state index in [1.807, 2.05) is 12.1 Å². The smallest absolute Gasteiger partial charge is 0.255 e. The number of carbonyl (C=O) groups excluding carboxylic acids is 1. The van der Waals surface area contributed by atoms with Crippen LogP contribution in [-0.2, 0) is 0 Å². The zero-order chi connectivity index (χ0) is 15.2. The topological polar surface area (TPSA) is 62.1 Å². The lowest BCUT2D eigenvalue weighted by Gasteiger charge is -2.08. The van der Waals surface area contributed by atoms with E-state index in [1.165, 1.54) is 0 Å². The van der Waals surface area contributed by atoms with E-state index in [2.05, 4.69) is 37.2 Å². The number of hydrogen-bond donors (Lipinski definition) is 1. The average Bonchev–Trinajstić information content (AvgIpc) is 2.44. The molecule has 21 heavy (non-hydrogen) atoms. The van der Waals surface area contributed by atoms with Crippen LogP contribution in [-0.4, -0.2) is 12.5 Å². The zero-order valence-electron chi connectivity index (χ0n) is 10.8. The van der Waals surface area contributed by atoms with Crippen LogP contribution in [0.5, 0.6) is 5.75 Å². The van der Waals surface area contributed by atoms with Crippen molar-refractivity contribution in [1.82, 2.24) is 0 Å². The van der Waals surface area contributed by atoms with E-state index in [-0.39, 0.29) is 12.5 Å². The lowest BCUT2D eigenvalue weighted by Crippen LogP contribution is -2.12. The summed E-state index contributed by atoms with van der Waals surface area (Å²) in [6.07, 6.45) is 0. The molecule has 2 rings (SSSR count). The van der Waals surface area contributed by atoms with Crippen molar-refractivity contribution in [1.29, 1.82) is 5.26 Å². The van der Waals surface area contributed by atoms with E-state index in [9.17, 15) is 4.79 Å². The van der Waals surface area contributed by atoms with Crippen LogP contribution in [0.25, 0.3) is 0 Å². The molecule has 6 heteroatoms. The van der Waals surface area contributed by atoms with E-state index < -0.39 is 0 Å². The fourth-order valence-corrected chi connectivity index (χ4v) is 2.96. The number of anilines is 1. The van der Waals surface area contributed by atoms with E-state index in [1.54, 1.807) is 36.4 Å². The predicted molar refractivity (Wildman–Crippen MR) is 87.3 cm³/mol. The van der Waals surface area contributed by atoms with Crippen molar-refractivity contribution in [2.24, 2.45) is 0 Å². The molecule has 0 aliphatic carbocycles. The summed E-state index contributed by atoms with van der Waals surface area (Å²) in [5.41, 5.74) is 1.13. The Labute approximate surface area is 139 Å². The molecule has 2 aromatic rings. The van der Waals surface area contributed by atoms with Gasteiger partial charge in [0.1, 0.15) is 11.8 Å². The van der Waals surface area contributed by atoms with E-state index in [4.69, 9.17) is 10.00 Å². The van der Waals surface area contributed by atoms with Crippen molar-refractivity contribution in [2.75, 3.05) is 11.9 Å². The standard InChI is InChI=1S/C15H10Br2N2O2/c16-11-6-10(7-12(17)8-11)15(20)19-13-2-1-3-14(9-13)21-5-4-18/h1-3,6-9H,5H2,(H,19,20). The molecule has 106 valence electrons. The Kier molecular flexibility index (Phi) is 5.37. The first-order valence-corrected chi connectivity index (χ1v) is 7.54. The summed E-state index contributed by atoms with van der Waals surface area (Å²) in [5.74, 6) is 0.305. The Morgan fingerprint density at radius 1 is 1.19 bits per heavy atom. The van der Waals surface area contributed by atoms with Gasteiger partial charge in [0, 0.05) is 26.3 Å². The van der Waals surface area contributed by atoms with Gasteiger partial charge >= 0.3 is 0 Å². The molecule has 0 heterocycles. The van der Waals surface area contributed by atoms with Gasteiger partial charge in [-0.1, -0.05) is 37.9 Å². The van der Waals surface area contributed by atoms with Gasteiger partial charge in [0.25, 0.3) is 5.91 Å². The summed E-state index contributed by atoms with van der Waals surface area (Å²) < 4.78 is 6.82. The molecule has 2 aromatic carbocycles. The molecular weight excluding hydrogens is 400 g/mol. The van der Waals surface area contributed by atoms with Gasteiger partial charge in [-0.2, -0.15) is 5.26 Å². The summed E-state index contributed by atoms with van der Waals surface area (Å²) in [4.78, 5) is 12.2. The highest BCUT2D eigenvalue weighted by atomic mass is 79.9. The maximum absolute atomic E-state index is 12.2. The summed E-state index contributed by atoms with van der Waals surface area (Å²) in [5, 5.41) is 11.3. The van der Waals surface area contributed by atoms with Gasteiger partial charge in [-0.25, -0.2) is 0 Å². The minimum absolute atomic E-state index is 0.0318. The van der Waals surface area contributed by atoms with Crippen LogP contribution in [0.4, 0.5) is 5.69 Å². The number of nitrogens with zero attached hydrogens (tertiary/aromatic N) is 1. The first kappa shape index (κ1) is 15.5. The lowest BCUT2D eigenvalue weighted by atomic mass is 10.2. The number of amides is 1. The highest BCUT2D eigenvalue weighted by Crippen LogP contribution is 2.22. The van der Waals surface area contributed by atoms with Crippen molar-refractivity contribution in [3.05, 3.63) is 57.0 Å². The molecule has 0 saturated carbocycles. The number of rotatable bonds is 4.